The van der Waals surface area contributed by atoms with Crippen LogP contribution in [0.2, 0.25) is 0 Å². The van der Waals surface area contributed by atoms with Gasteiger partial charge >= 0.3 is 0 Å². The second-order valence-electron chi connectivity index (χ2n) is 11.4. The van der Waals surface area contributed by atoms with Gasteiger partial charge in [0.25, 0.3) is 0 Å². The highest BCUT2D eigenvalue weighted by Gasteiger charge is 2.37. The van der Waals surface area contributed by atoms with Crippen LogP contribution in [0.3, 0.4) is 0 Å². The van der Waals surface area contributed by atoms with Crippen LogP contribution in [0.5, 0.6) is 0 Å². The lowest BCUT2D eigenvalue weighted by Gasteiger charge is -2.37. The molecule has 3 amide bonds. The molecule has 0 aromatic heterocycles. The Morgan fingerprint density at radius 2 is 1.77 bits per heavy atom. The minimum atomic E-state index is -0.618. The van der Waals surface area contributed by atoms with Crippen molar-refractivity contribution >= 4 is 17.7 Å². The van der Waals surface area contributed by atoms with Crippen LogP contribution < -0.4 is 5.32 Å². The number of likely N-dealkylation sites (N-methyl/N-ethyl adjacent to an activating group) is 1. The lowest BCUT2D eigenvalue weighted by molar-refractivity contribution is -0.139. The average Bonchev–Trinajstić information content (AvgIpc) is 3.04. The second-order valence-corrected chi connectivity index (χ2v) is 11.4. The van der Waals surface area contributed by atoms with Crippen LogP contribution in [0.1, 0.15) is 93.9 Å². The number of rotatable bonds is 11. The van der Waals surface area contributed by atoms with Gasteiger partial charge in [0.1, 0.15) is 6.04 Å². The van der Waals surface area contributed by atoms with E-state index in [1.807, 2.05) is 45.6 Å². The predicted octanol–water partition coefficient (Wildman–Crippen LogP) is 4.22. The highest BCUT2D eigenvalue weighted by atomic mass is 16.2. The van der Waals surface area contributed by atoms with Crippen molar-refractivity contribution in [1.82, 2.24) is 20.0 Å². The molecule has 1 aliphatic heterocycles. The summed E-state index contributed by atoms with van der Waals surface area (Å²) in [4.78, 5) is 45.2. The van der Waals surface area contributed by atoms with Gasteiger partial charge < -0.3 is 15.1 Å². The van der Waals surface area contributed by atoms with E-state index in [4.69, 9.17) is 0 Å². The zero-order chi connectivity index (χ0) is 26.8. The fraction of sp³-hybridized carbons (Fsp3) is 0.821. The van der Waals surface area contributed by atoms with Crippen molar-refractivity contribution in [2.45, 2.75) is 112 Å². The summed E-state index contributed by atoms with van der Waals surface area (Å²) in [6, 6.07) is -0.530. The topological polar surface area (TPSA) is 73.0 Å². The minimum absolute atomic E-state index is 0.0461. The number of nitrogens with zero attached hydrogens (tertiary/aromatic N) is 3. The van der Waals surface area contributed by atoms with Crippen molar-refractivity contribution in [3.63, 3.8) is 0 Å². The zero-order valence-corrected chi connectivity index (χ0v) is 23.9. The first-order valence-electron chi connectivity index (χ1n) is 13.6. The first-order chi connectivity index (χ1) is 16.3. The highest BCUT2D eigenvalue weighted by molar-refractivity contribution is 5.90. The molecule has 1 fully saturated rings. The largest absolute Gasteiger partial charge is 0.343 e. The van der Waals surface area contributed by atoms with Crippen LogP contribution >= 0.6 is 0 Å². The lowest BCUT2D eigenvalue weighted by Crippen LogP contribution is -2.58. The van der Waals surface area contributed by atoms with Crippen molar-refractivity contribution in [2.75, 3.05) is 33.2 Å². The molecule has 202 valence electrons. The number of carbonyl (C=O) groups excluding carboxylic acids is 3. The molecule has 0 spiro atoms. The van der Waals surface area contributed by atoms with Gasteiger partial charge in [0.2, 0.25) is 17.7 Å². The summed E-state index contributed by atoms with van der Waals surface area (Å²) >= 11 is 0. The maximum Gasteiger partial charge on any atom is 0.245 e. The molecule has 1 heterocycles. The molecule has 7 heteroatoms. The average molecular weight is 493 g/mol. The van der Waals surface area contributed by atoms with E-state index < -0.39 is 11.5 Å². The van der Waals surface area contributed by atoms with E-state index >= 15 is 0 Å². The molecular formula is C28H52N4O3. The summed E-state index contributed by atoms with van der Waals surface area (Å²) < 4.78 is 0. The molecule has 0 bridgehead atoms. The van der Waals surface area contributed by atoms with Gasteiger partial charge in [-0.25, -0.2) is 0 Å². The van der Waals surface area contributed by atoms with Crippen molar-refractivity contribution in [3.8, 4) is 0 Å². The SMILES string of the molecule is CCCN(CC)C(=O)C/C(C)=C/CN(C)C(=O)C(NC(=O)C1CCCCCN1C(C)C)C(C)(C)C. The Balaban J connectivity index is 2.89. The number of hydrogen-bond acceptors (Lipinski definition) is 4. The normalized spacial score (nSPS) is 18.7. The molecular weight excluding hydrogens is 440 g/mol. The maximum atomic E-state index is 13.5. The van der Waals surface area contributed by atoms with Gasteiger partial charge in [-0.05, 0) is 58.9 Å². The number of carbonyl (C=O) groups is 3. The molecule has 7 nitrogen and oxygen atoms in total. The molecule has 2 unspecified atom stereocenters. The molecule has 0 aromatic rings. The smallest absolute Gasteiger partial charge is 0.245 e. The van der Waals surface area contributed by atoms with E-state index in [1.165, 1.54) is 0 Å². The first-order valence-corrected chi connectivity index (χ1v) is 13.6. The third kappa shape index (κ3) is 9.94. The first kappa shape index (κ1) is 31.1. The van der Waals surface area contributed by atoms with Crippen molar-refractivity contribution < 1.29 is 14.4 Å². The monoisotopic (exact) mass is 492 g/mol. The lowest BCUT2D eigenvalue weighted by atomic mass is 9.85. The summed E-state index contributed by atoms with van der Waals surface area (Å²) in [6.45, 7) is 19.0. The zero-order valence-electron chi connectivity index (χ0n) is 23.9. The van der Waals surface area contributed by atoms with Gasteiger partial charge in [-0.15, -0.1) is 0 Å². The second kappa shape index (κ2) is 14.6. The van der Waals surface area contributed by atoms with Gasteiger partial charge in [0, 0.05) is 39.1 Å². The van der Waals surface area contributed by atoms with Crippen LogP contribution in [-0.2, 0) is 14.4 Å². The number of hydrogen-bond donors (Lipinski definition) is 1. The van der Waals surface area contributed by atoms with Crippen LogP contribution in [0.15, 0.2) is 11.6 Å². The molecule has 1 aliphatic rings. The van der Waals surface area contributed by atoms with E-state index in [2.05, 4.69) is 31.0 Å². The molecule has 0 aromatic carbocycles. The molecule has 1 saturated heterocycles. The Morgan fingerprint density at radius 1 is 1.11 bits per heavy atom. The minimum Gasteiger partial charge on any atom is -0.343 e. The highest BCUT2D eigenvalue weighted by Crippen LogP contribution is 2.24. The third-order valence-electron chi connectivity index (χ3n) is 6.91. The Bertz CT molecular complexity index is 726. The van der Waals surface area contributed by atoms with E-state index in [1.54, 1.807) is 11.9 Å². The van der Waals surface area contributed by atoms with E-state index in [0.29, 0.717) is 19.5 Å². The molecule has 35 heavy (non-hydrogen) atoms. The fourth-order valence-corrected chi connectivity index (χ4v) is 4.67. The van der Waals surface area contributed by atoms with Gasteiger partial charge in [-0.1, -0.05) is 52.2 Å². The van der Waals surface area contributed by atoms with Crippen molar-refractivity contribution in [3.05, 3.63) is 11.6 Å². The Hall–Kier alpha value is -1.89. The van der Waals surface area contributed by atoms with Gasteiger partial charge in [-0.3, -0.25) is 19.3 Å². The van der Waals surface area contributed by atoms with Crippen LogP contribution in [0, 0.1) is 5.41 Å². The maximum absolute atomic E-state index is 13.5. The van der Waals surface area contributed by atoms with Gasteiger partial charge in [0.15, 0.2) is 0 Å². The van der Waals surface area contributed by atoms with Gasteiger partial charge in [0.05, 0.1) is 6.04 Å². The number of amides is 3. The number of likely N-dealkylation sites (tertiary alicyclic amines) is 1. The van der Waals surface area contributed by atoms with Crippen LogP contribution in [0.4, 0.5) is 0 Å². The summed E-state index contributed by atoms with van der Waals surface area (Å²) in [7, 11) is 1.76. The van der Waals surface area contributed by atoms with Crippen molar-refractivity contribution in [2.24, 2.45) is 5.41 Å². The van der Waals surface area contributed by atoms with Crippen LogP contribution in [0.25, 0.3) is 0 Å². The summed E-state index contributed by atoms with van der Waals surface area (Å²) in [5, 5.41) is 3.12. The summed E-state index contributed by atoms with van der Waals surface area (Å²) in [5.41, 5.74) is 0.525. The van der Waals surface area contributed by atoms with Crippen LogP contribution in [-0.4, -0.2) is 83.8 Å². The molecule has 2 atom stereocenters. The predicted molar refractivity (Wildman–Crippen MR) is 144 cm³/mol. The third-order valence-corrected chi connectivity index (χ3v) is 6.91. The van der Waals surface area contributed by atoms with Crippen molar-refractivity contribution in [1.29, 1.82) is 0 Å². The quantitative estimate of drug-likeness (QED) is 0.438. The van der Waals surface area contributed by atoms with E-state index in [-0.39, 0.29) is 29.8 Å². The molecule has 0 aliphatic carbocycles. The van der Waals surface area contributed by atoms with E-state index in [9.17, 15) is 14.4 Å². The van der Waals surface area contributed by atoms with E-state index in [0.717, 1.165) is 50.8 Å². The van der Waals surface area contributed by atoms with Gasteiger partial charge in [-0.2, -0.15) is 0 Å². The summed E-state index contributed by atoms with van der Waals surface area (Å²) in [6.07, 6.45) is 7.36. The standard InChI is InChI=1S/C28H52N4O3/c1-10-17-31(11-2)24(33)20-22(5)16-19-30(9)27(35)25(28(6,7)8)29-26(34)23-15-13-12-14-18-32(23)21(3)4/h16,21,23,25H,10-15,17-20H2,1-9H3,(H,29,34)/b22-16+. The Labute approximate surface area is 214 Å². The molecule has 0 saturated carbocycles. The molecule has 0 radical (unpaired) electrons. The molecule has 1 N–H and O–H groups in total. The fourth-order valence-electron chi connectivity index (χ4n) is 4.67. The summed E-state index contributed by atoms with van der Waals surface area (Å²) in [5.74, 6) is -0.0303. The Morgan fingerprint density at radius 3 is 2.31 bits per heavy atom. The Kier molecular flexibility index (Phi) is 13.0. The molecule has 1 rings (SSSR count). The number of nitrogens with one attached hydrogen (secondary N) is 1.